The van der Waals surface area contributed by atoms with Gasteiger partial charge in [-0.15, -0.1) is 0 Å². The normalized spacial score (nSPS) is 11.0. The number of pyridine rings is 1. The molecule has 3 aromatic heterocycles. The zero-order chi connectivity index (χ0) is 18.1. The Balaban J connectivity index is 1.50. The van der Waals surface area contributed by atoms with Gasteiger partial charge in [-0.25, -0.2) is 0 Å². The highest BCUT2D eigenvalue weighted by Gasteiger charge is 2.16. The minimum absolute atomic E-state index is 0.174. The number of carbonyl (C=O) groups excluding carboxylic acids is 1. The quantitative estimate of drug-likeness (QED) is 0.553. The van der Waals surface area contributed by atoms with E-state index in [0.717, 1.165) is 26.6 Å². The highest BCUT2D eigenvalue weighted by atomic mass is 79.9. The van der Waals surface area contributed by atoms with E-state index < -0.39 is 0 Å². The molecule has 4 aromatic rings. The first-order valence-corrected chi connectivity index (χ1v) is 8.80. The number of hydrogen-bond donors (Lipinski definition) is 1. The summed E-state index contributed by atoms with van der Waals surface area (Å²) in [4.78, 5) is 17.0. The second-order valence-corrected chi connectivity index (χ2v) is 6.76. The molecule has 7 heteroatoms. The molecule has 0 atom stereocenters. The van der Waals surface area contributed by atoms with E-state index in [9.17, 15) is 4.79 Å². The lowest BCUT2D eigenvalue weighted by Crippen LogP contribution is -2.25. The lowest BCUT2D eigenvalue weighted by molar-refractivity contribution is 0.0943. The van der Waals surface area contributed by atoms with Crippen molar-refractivity contribution in [2.75, 3.05) is 0 Å². The highest BCUT2D eigenvalue weighted by molar-refractivity contribution is 9.10. The number of aryl methyl sites for hydroxylation is 1. The summed E-state index contributed by atoms with van der Waals surface area (Å²) in [5, 5.41) is 8.14. The van der Waals surface area contributed by atoms with Gasteiger partial charge in [-0.1, -0.05) is 22.0 Å². The van der Waals surface area contributed by atoms with Crippen LogP contribution in [0, 0.1) is 0 Å². The van der Waals surface area contributed by atoms with Crippen molar-refractivity contribution in [1.82, 2.24) is 20.1 Å². The predicted molar refractivity (Wildman–Crippen MR) is 102 cm³/mol. The molecule has 6 nitrogen and oxygen atoms in total. The Morgan fingerprint density at radius 1 is 1.27 bits per heavy atom. The van der Waals surface area contributed by atoms with Gasteiger partial charge in [0, 0.05) is 29.6 Å². The first kappa shape index (κ1) is 16.5. The minimum Gasteiger partial charge on any atom is -0.463 e. The largest absolute Gasteiger partial charge is 0.463 e. The van der Waals surface area contributed by atoms with Crippen LogP contribution in [0.25, 0.3) is 22.4 Å². The summed E-state index contributed by atoms with van der Waals surface area (Å²) >= 11 is 3.42. The third-order valence-corrected chi connectivity index (χ3v) is 4.56. The Bertz CT molecular complexity index is 1070. The van der Waals surface area contributed by atoms with Crippen LogP contribution in [0.2, 0.25) is 0 Å². The van der Waals surface area contributed by atoms with E-state index in [0.29, 0.717) is 18.0 Å². The number of fused-ring (bicyclic) bond motifs is 1. The molecule has 0 aliphatic heterocycles. The van der Waals surface area contributed by atoms with Crippen molar-refractivity contribution >= 4 is 32.7 Å². The van der Waals surface area contributed by atoms with Crippen LogP contribution in [0.4, 0.5) is 0 Å². The van der Waals surface area contributed by atoms with E-state index in [-0.39, 0.29) is 5.91 Å². The van der Waals surface area contributed by atoms with Gasteiger partial charge in [0.25, 0.3) is 5.91 Å². The topological polar surface area (TPSA) is 73.0 Å². The van der Waals surface area contributed by atoms with Crippen molar-refractivity contribution in [3.63, 3.8) is 0 Å². The first-order valence-electron chi connectivity index (χ1n) is 8.01. The molecule has 0 saturated heterocycles. The molecule has 1 N–H and O–H groups in total. The second-order valence-electron chi connectivity index (χ2n) is 5.85. The molecule has 0 spiro atoms. The molecule has 0 bridgehead atoms. The smallest absolute Gasteiger partial charge is 0.270 e. The average Bonchev–Trinajstić information content (AvgIpc) is 3.27. The van der Waals surface area contributed by atoms with Crippen molar-refractivity contribution in [2.45, 2.75) is 6.54 Å². The molecule has 0 fully saturated rings. The number of amides is 1. The fourth-order valence-corrected chi connectivity index (χ4v) is 3.16. The number of nitrogens with one attached hydrogen (secondary N) is 1. The Morgan fingerprint density at radius 3 is 2.88 bits per heavy atom. The van der Waals surface area contributed by atoms with Crippen molar-refractivity contribution in [3.8, 4) is 11.5 Å². The molecule has 130 valence electrons. The SMILES string of the molecule is Cn1nc2cc(Br)ccc2c1C(=O)NCc1ccc(-c2ccco2)nc1. The van der Waals surface area contributed by atoms with Gasteiger partial charge in [0.15, 0.2) is 5.76 Å². The van der Waals surface area contributed by atoms with Gasteiger partial charge in [0.05, 0.1) is 11.8 Å². The lowest BCUT2D eigenvalue weighted by atomic mass is 10.2. The molecule has 0 saturated carbocycles. The maximum absolute atomic E-state index is 12.6. The van der Waals surface area contributed by atoms with Crippen LogP contribution in [-0.2, 0) is 13.6 Å². The van der Waals surface area contributed by atoms with Gasteiger partial charge in [-0.05, 0) is 42.0 Å². The van der Waals surface area contributed by atoms with E-state index in [1.807, 2.05) is 42.5 Å². The van der Waals surface area contributed by atoms with Crippen molar-refractivity contribution < 1.29 is 9.21 Å². The molecule has 26 heavy (non-hydrogen) atoms. The molecule has 3 heterocycles. The Morgan fingerprint density at radius 2 is 2.15 bits per heavy atom. The van der Waals surface area contributed by atoms with Crippen LogP contribution in [0.5, 0.6) is 0 Å². The van der Waals surface area contributed by atoms with E-state index in [1.54, 1.807) is 24.2 Å². The summed E-state index contributed by atoms with van der Waals surface area (Å²) in [5.41, 5.74) is 2.97. The molecule has 0 aliphatic rings. The molecule has 4 rings (SSSR count). The van der Waals surface area contributed by atoms with Crippen LogP contribution < -0.4 is 5.32 Å². The fourth-order valence-electron chi connectivity index (χ4n) is 2.81. The molecular weight excluding hydrogens is 396 g/mol. The number of nitrogens with zero attached hydrogens (tertiary/aromatic N) is 3. The fraction of sp³-hybridized carbons (Fsp3) is 0.105. The summed E-state index contributed by atoms with van der Waals surface area (Å²) in [6.45, 7) is 0.382. The third-order valence-electron chi connectivity index (χ3n) is 4.06. The van der Waals surface area contributed by atoms with E-state index in [2.05, 4.69) is 31.3 Å². The summed E-state index contributed by atoms with van der Waals surface area (Å²) < 4.78 is 7.85. The molecule has 0 aliphatic carbocycles. The van der Waals surface area contributed by atoms with Gasteiger partial charge in [-0.2, -0.15) is 5.10 Å². The molecule has 0 radical (unpaired) electrons. The summed E-state index contributed by atoms with van der Waals surface area (Å²) in [6, 6.07) is 13.2. The lowest BCUT2D eigenvalue weighted by Gasteiger charge is -2.06. The molecular formula is C19H15BrN4O2. The maximum Gasteiger partial charge on any atom is 0.270 e. The van der Waals surface area contributed by atoms with Gasteiger partial charge < -0.3 is 9.73 Å². The van der Waals surface area contributed by atoms with Crippen LogP contribution in [-0.4, -0.2) is 20.7 Å². The number of benzene rings is 1. The Kier molecular flexibility index (Phi) is 4.30. The van der Waals surface area contributed by atoms with Gasteiger partial charge in [-0.3, -0.25) is 14.5 Å². The number of halogens is 1. The van der Waals surface area contributed by atoms with Gasteiger partial charge in [0.2, 0.25) is 0 Å². The van der Waals surface area contributed by atoms with Crippen LogP contribution in [0.3, 0.4) is 0 Å². The van der Waals surface area contributed by atoms with Crippen LogP contribution >= 0.6 is 15.9 Å². The number of hydrogen-bond acceptors (Lipinski definition) is 4. The third kappa shape index (κ3) is 3.13. The van der Waals surface area contributed by atoms with Crippen molar-refractivity contribution in [3.05, 3.63) is 70.7 Å². The minimum atomic E-state index is -0.174. The Hall–Kier alpha value is -2.93. The predicted octanol–water partition coefficient (Wildman–Crippen LogP) is 3.92. The van der Waals surface area contributed by atoms with E-state index in [4.69, 9.17) is 4.42 Å². The van der Waals surface area contributed by atoms with Crippen molar-refractivity contribution in [1.29, 1.82) is 0 Å². The highest BCUT2D eigenvalue weighted by Crippen LogP contribution is 2.22. The summed E-state index contributed by atoms with van der Waals surface area (Å²) in [6.07, 6.45) is 3.35. The molecule has 1 aromatic carbocycles. The van der Waals surface area contributed by atoms with E-state index >= 15 is 0 Å². The van der Waals surface area contributed by atoms with Gasteiger partial charge >= 0.3 is 0 Å². The average molecular weight is 411 g/mol. The Labute approximate surface area is 158 Å². The zero-order valence-electron chi connectivity index (χ0n) is 13.9. The number of carbonyl (C=O) groups is 1. The summed E-state index contributed by atoms with van der Waals surface area (Å²) in [5.74, 6) is 0.542. The standard InChI is InChI=1S/C19H15BrN4O2/c1-24-18(14-6-5-13(20)9-16(14)23-24)19(25)22-11-12-4-7-15(21-10-12)17-3-2-8-26-17/h2-10H,11H2,1H3,(H,22,25). The molecule has 1 amide bonds. The van der Waals surface area contributed by atoms with Crippen molar-refractivity contribution in [2.24, 2.45) is 7.05 Å². The van der Waals surface area contributed by atoms with Crippen LogP contribution in [0.1, 0.15) is 16.1 Å². The second kappa shape index (κ2) is 6.76. The zero-order valence-corrected chi connectivity index (χ0v) is 15.5. The maximum atomic E-state index is 12.6. The number of rotatable bonds is 4. The van der Waals surface area contributed by atoms with E-state index in [1.165, 1.54) is 0 Å². The first-order chi connectivity index (χ1) is 12.6. The van der Waals surface area contributed by atoms with Crippen LogP contribution in [0.15, 0.2) is 63.8 Å². The number of furan rings is 1. The molecule has 0 unspecified atom stereocenters. The monoisotopic (exact) mass is 410 g/mol. The van der Waals surface area contributed by atoms with Gasteiger partial charge in [0.1, 0.15) is 11.4 Å². The number of aromatic nitrogens is 3. The summed E-state index contributed by atoms with van der Waals surface area (Å²) in [7, 11) is 1.77.